The second-order valence-corrected chi connectivity index (χ2v) is 8.20. The van der Waals surface area contributed by atoms with Gasteiger partial charge < -0.3 is 4.90 Å². The molecular formula is C17H31N3O2S. The molecule has 0 bridgehead atoms. The molecule has 0 fully saturated rings. The fraction of sp³-hybridized carbons (Fsp3) is 0.706. The van der Waals surface area contributed by atoms with Crippen LogP contribution >= 0.6 is 0 Å². The van der Waals surface area contributed by atoms with Crippen LogP contribution in [0.15, 0.2) is 23.2 Å². The Morgan fingerprint density at radius 2 is 1.52 bits per heavy atom. The quantitative estimate of drug-likeness (QED) is 0.689. The fourth-order valence-electron chi connectivity index (χ4n) is 2.87. The Balaban J connectivity index is 3.11. The van der Waals surface area contributed by atoms with Gasteiger partial charge in [-0.2, -0.15) is 4.31 Å². The van der Waals surface area contributed by atoms with Gasteiger partial charge in [-0.3, -0.25) is 0 Å². The van der Waals surface area contributed by atoms with Crippen molar-refractivity contribution in [1.82, 2.24) is 9.29 Å². The Bertz CT molecular complexity index is 554. The molecule has 0 aromatic carbocycles. The molecule has 1 aromatic rings. The summed E-state index contributed by atoms with van der Waals surface area (Å²) in [6, 6.07) is 3.32. The second kappa shape index (κ2) is 8.64. The van der Waals surface area contributed by atoms with Gasteiger partial charge in [0.1, 0.15) is 10.7 Å². The van der Waals surface area contributed by atoms with Gasteiger partial charge in [-0.1, -0.05) is 13.8 Å². The molecule has 6 heteroatoms. The number of aromatic nitrogens is 1. The molecule has 132 valence electrons. The summed E-state index contributed by atoms with van der Waals surface area (Å²) in [5, 5.41) is 0. The Labute approximate surface area is 141 Å². The predicted molar refractivity (Wildman–Crippen MR) is 96.3 cm³/mol. The zero-order valence-corrected chi connectivity index (χ0v) is 16.1. The summed E-state index contributed by atoms with van der Waals surface area (Å²) in [6.07, 6.45) is 3.56. The third-order valence-electron chi connectivity index (χ3n) is 3.63. The van der Waals surface area contributed by atoms with Crippen molar-refractivity contribution in [2.45, 2.75) is 71.4 Å². The molecule has 0 amide bonds. The lowest BCUT2D eigenvalue weighted by Crippen LogP contribution is -2.42. The van der Waals surface area contributed by atoms with Crippen molar-refractivity contribution < 1.29 is 8.42 Å². The van der Waals surface area contributed by atoms with Gasteiger partial charge in [-0.05, 0) is 52.7 Å². The maximum Gasteiger partial charge on any atom is 0.245 e. The smallest absolute Gasteiger partial charge is 0.245 e. The molecule has 0 N–H and O–H groups in total. The second-order valence-electron chi connectivity index (χ2n) is 6.36. The molecule has 0 radical (unpaired) electrons. The summed E-state index contributed by atoms with van der Waals surface area (Å²) in [4.78, 5) is 6.86. The van der Waals surface area contributed by atoms with Gasteiger partial charge in [-0.25, -0.2) is 13.4 Å². The first-order chi connectivity index (χ1) is 10.8. The van der Waals surface area contributed by atoms with E-state index in [9.17, 15) is 8.42 Å². The first-order valence-electron chi connectivity index (χ1n) is 8.50. The van der Waals surface area contributed by atoms with E-state index >= 15 is 0 Å². The summed E-state index contributed by atoms with van der Waals surface area (Å²) in [6.45, 7) is 13.7. The van der Waals surface area contributed by atoms with Crippen molar-refractivity contribution in [3.63, 3.8) is 0 Å². The average Bonchev–Trinajstić information content (AvgIpc) is 2.46. The molecule has 0 aliphatic carbocycles. The first-order valence-corrected chi connectivity index (χ1v) is 9.94. The van der Waals surface area contributed by atoms with Crippen molar-refractivity contribution >= 4 is 15.8 Å². The minimum atomic E-state index is -3.51. The van der Waals surface area contributed by atoms with E-state index in [1.54, 1.807) is 6.07 Å². The van der Waals surface area contributed by atoms with Crippen molar-refractivity contribution in [3.8, 4) is 0 Å². The predicted octanol–water partition coefficient (Wildman–Crippen LogP) is 3.52. The molecule has 23 heavy (non-hydrogen) atoms. The average molecular weight is 342 g/mol. The molecule has 0 atom stereocenters. The number of sulfonamides is 1. The molecule has 1 aromatic heterocycles. The zero-order chi connectivity index (χ0) is 17.6. The lowest BCUT2D eigenvalue weighted by molar-refractivity contribution is 0.302. The van der Waals surface area contributed by atoms with Gasteiger partial charge in [0, 0.05) is 31.4 Å². The Morgan fingerprint density at radius 3 is 1.87 bits per heavy atom. The van der Waals surface area contributed by atoms with Crippen LogP contribution in [0, 0.1) is 0 Å². The standard InChI is InChI=1S/C17H31N3O2S/c1-7-11-19(12-8-2)17-10-9-16(13-18-17)23(21,22)20(14(3)4)15(5)6/h9-10,13-15H,7-8,11-12H2,1-6H3. The van der Waals surface area contributed by atoms with Gasteiger partial charge >= 0.3 is 0 Å². The van der Waals surface area contributed by atoms with Gasteiger partial charge in [0.15, 0.2) is 0 Å². The summed E-state index contributed by atoms with van der Waals surface area (Å²) in [5.74, 6) is 0.841. The van der Waals surface area contributed by atoms with Crippen LogP contribution in [0.2, 0.25) is 0 Å². The summed E-state index contributed by atoms with van der Waals surface area (Å²) >= 11 is 0. The van der Waals surface area contributed by atoms with Crippen LogP contribution in [0.1, 0.15) is 54.4 Å². The van der Waals surface area contributed by atoms with Crippen molar-refractivity contribution in [3.05, 3.63) is 18.3 Å². The van der Waals surface area contributed by atoms with E-state index in [-0.39, 0.29) is 17.0 Å². The number of nitrogens with zero attached hydrogens (tertiary/aromatic N) is 3. The topological polar surface area (TPSA) is 53.5 Å². The van der Waals surface area contributed by atoms with Gasteiger partial charge in [0.25, 0.3) is 0 Å². The Kier molecular flexibility index (Phi) is 7.48. The highest BCUT2D eigenvalue weighted by molar-refractivity contribution is 7.89. The van der Waals surface area contributed by atoms with Crippen LogP contribution in [0.5, 0.6) is 0 Å². The molecule has 1 heterocycles. The highest BCUT2D eigenvalue weighted by atomic mass is 32.2. The molecule has 0 unspecified atom stereocenters. The largest absolute Gasteiger partial charge is 0.357 e. The molecule has 0 aliphatic rings. The van der Waals surface area contributed by atoms with E-state index in [1.165, 1.54) is 10.5 Å². The minimum absolute atomic E-state index is 0.0867. The molecule has 0 saturated heterocycles. The van der Waals surface area contributed by atoms with Crippen molar-refractivity contribution in [2.24, 2.45) is 0 Å². The zero-order valence-electron chi connectivity index (χ0n) is 15.3. The lowest BCUT2D eigenvalue weighted by atomic mass is 10.3. The van der Waals surface area contributed by atoms with Crippen LogP contribution in [0.4, 0.5) is 5.82 Å². The SMILES string of the molecule is CCCN(CCC)c1ccc(S(=O)(=O)N(C(C)C)C(C)C)cn1. The number of pyridine rings is 1. The third kappa shape index (κ3) is 4.91. The monoisotopic (exact) mass is 341 g/mol. The van der Waals surface area contributed by atoms with Crippen LogP contribution in [-0.2, 0) is 10.0 Å². The van der Waals surface area contributed by atoms with E-state index in [0.29, 0.717) is 0 Å². The van der Waals surface area contributed by atoms with Gasteiger partial charge in [-0.15, -0.1) is 0 Å². The number of anilines is 1. The summed E-state index contributed by atoms with van der Waals surface area (Å²) in [7, 11) is -3.51. The highest BCUT2D eigenvalue weighted by Gasteiger charge is 2.29. The number of rotatable bonds is 9. The molecule has 0 aliphatic heterocycles. The fourth-order valence-corrected chi connectivity index (χ4v) is 4.65. The maximum atomic E-state index is 12.8. The minimum Gasteiger partial charge on any atom is -0.357 e. The summed E-state index contributed by atoms with van der Waals surface area (Å²) in [5.41, 5.74) is 0. The summed E-state index contributed by atoms with van der Waals surface area (Å²) < 4.78 is 27.2. The number of hydrogen-bond acceptors (Lipinski definition) is 4. The van der Waals surface area contributed by atoms with Crippen molar-refractivity contribution in [2.75, 3.05) is 18.0 Å². The van der Waals surface area contributed by atoms with Gasteiger partial charge in [0.05, 0.1) is 0 Å². The molecule has 0 saturated carbocycles. The van der Waals surface area contributed by atoms with E-state index in [2.05, 4.69) is 23.7 Å². The highest BCUT2D eigenvalue weighted by Crippen LogP contribution is 2.22. The maximum absolute atomic E-state index is 12.8. The van der Waals surface area contributed by atoms with E-state index in [4.69, 9.17) is 0 Å². The molecule has 0 spiro atoms. The molecule has 5 nitrogen and oxygen atoms in total. The van der Waals surface area contributed by atoms with E-state index in [0.717, 1.165) is 31.7 Å². The molecule has 1 rings (SSSR count). The Morgan fingerprint density at radius 1 is 1.00 bits per heavy atom. The van der Waals surface area contributed by atoms with E-state index < -0.39 is 10.0 Å². The van der Waals surface area contributed by atoms with Crippen LogP contribution in [0.3, 0.4) is 0 Å². The van der Waals surface area contributed by atoms with Crippen molar-refractivity contribution in [1.29, 1.82) is 0 Å². The first kappa shape index (κ1) is 19.9. The van der Waals surface area contributed by atoms with Crippen LogP contribution in [-0.4, -0.2) is 42.9 Å². The lowest BCUT2D eigenvalue weighted by Gasteiger charge is -2.29. The number of hydrogen-bond donors (Lipinski definition) is 0. The van der Waals surface area contributed by atoms with E-state index in [1.807, 2.05) is 33.8 Å². The van der Waals surface area contributed by atoms with Crippen LogP contribution in [0.25, 0.3) is 0 Å². The molecular weight excluding hydrogens is 310 g/mol. The Hall–Kier alpha value is -1.14. The van der Waals surface area contributed by atoms with Crippen LogP contribution < -0.4 is 4.90 Å². The van der Waals surface area contributed by atoms with Gasteiger partial charge in [0.2, 0.25) is 10.0 Å². The normalized spacial score (nSPS) is 12.4. The third-order valence-corrected chi connectivity index (χ3v) is 5.86.